The van der Waals surface area contributed by atoms with Crippen LogP contribution >= 0.6 is 0 Å². The second kappa shape index (κ2) is 6.58. The molecule has 3 heteroatoms. The monoisotopic (exact) mass is 265 g/mol. The van der Waals surface area contributed by atoms with E-state index >= 15 is 0 Å². The van der Waals surface area contributed by atoms with E-state index in [0.29, 0.717) is 0 Å². The highest BCUT2D eigenvalue weighted by Crippen LogP contribution is 2.43. The Kier molecular flexibility index (Phi) is 5.06. The molecule has 1 N–H and O–H groups in total. The molecule has 1 aromatic rings. The lowest BCUT2D eigenvalue weighted by molar-refractivity contribution is -0.101. The molecule has 19 heavy (non-hydrogen) atoms. The average molecular weight is 265 g/mol. The minimum absolute atomic E-state index is 0.0771. The Hall–Kier alpha value is -0.800. The van der Waals surface area contributed by atoms with E-state index in [0.717, 1.165) is 31.9 Å². The van der Waals surface area contributed by atoms with E-state index in [2.05, 4.69) is 32.2 Å². The highest BCUT2D eigenvalue weighted by molar-refractivity contribution is 5.18. The lowest BCUT2D eigenvalue weighted by Crippen LogP contribution is -2.49. The molecule has 1 aromatic heterocycles. The summed E-state index contributed by atoms with van der Waals surface area (Å²) in [7, 11) is 0. The van der Waals surface area contributed by atoms with E-state index < -0.39 is 0 Å². The van der Waals surface area contributed by atoms with Crippen LogP contribution in [0.4, 0.5) is 0 Å². The lowest BCUT2D eigenvalue weighted by atomic mass is 9.73. The summed E-state index contributed by atoms with van der Waals surface area (Å²) in [6.07, 6.45) is 8.44. The Bertz CT molecular complexity index is 359. The topological polar surface area (TPSA) is 34.4 Å². The molecule has 1 fully saturated rings. The van der Waals surface area contributed by atoms with Gasteiger partial charge in [0.25, 0.3) is 0 Å². The maximum absolute atomic E-state index is 6.28. The molecule has 3 unspecified atom stereocenters. The smallest absolute Gasteiger partial charge is 0.0951 e. The van der Waals surface area contributed by atoms with Crippen LogP contribution in [0, 0.1) is 5.92 Å². The summed E-state index contributed by atoms with van der Waals surface area (Å²) in [5.41, 5.74) is 1.14. The van der Waals surface area contributed by atoms with Gasteiger partial charge in [0.1, 0.15) is 0 Å². The van der Waals surface area contributed by atoms with E-state index in [4.69, 9.17) is 9.15 Å². The number of ether oxygens (including phenoxy) is 1. The molecule has 0 bridgehead atoms. The van der Waals surface area contributed by atoms with Crippen molar-refractivity contribution in [3.8, 4) is 0 Å². The van der Waals surface area contributed by atoms with Crippen LogP contribution in [-0.4, -0.2) is 18.8 Å². The van der Waals surface area contributed by atoms with Crippen molar-refractivity contribution >= 4 is 0 Å². The number of likely N-dealkylation sites (N-methyl/N-ethyl adjacent to an activating group) is 1. The van der Waals surface area contributed by atoms with Gasteiger partial charge in [-0.05, 0) is 38.3 Å². The molecule has 3 atom stereocenters. The minimum Gasteiger partial charge on any atom is -0.472 e. The molecule has 0 aromatic carbocycles. The van der Waals surface area contributed by atoms with Crippen LogP contribution in [0.3, 0.4) is 0 Å². The van der Waals surface area contributed by atoms with Crippen LogP contribution in [0.15, 0.2) is 23.0 Å². The van der Waals surface area contributed by atoms with Gasteiger partial charge in [-0.2, -0.15) is 0 Å². The van der Waals surface area contributed by atoms with Crippen molar-refractivity contribution < 1.29 is 9.15 Å². The van der Waals surface area contributed by atoms with Crippen LogP contribution in [0.5, 0.6) is 0 Å². The zero-order valence-corrected chi connectivity index (χ0v) is 12.4. The normalized spacial score (nSPS) is 29.3. The van der Waals surface area contributed by atoms with E-state index in [9.17, 15) is 0 Å². The fourth-order valence-electron chi connectivity index (χ4n) is 3.56. The Morgan fingerprint density at radius 3 is 2.95 bits per heavy atom. The lowest BCUT2D eigenvalue weighted by Gasteiger charge is -2.45. The summed E-state index contributed by atoms with van der Waals surface area (Å²) in [5, 5.41) is 3.62. The molecule has 1 saturated carbocycles. The second-order valence-corrected chi connectivity index (χ2v) is 5.75. The van der Waals surface area contributed by atoms with Crippen LogP contribution in [0.25, 0.3) is 0 Å². The van der Waals surface area contributed by atoms with Gasteiger partial charge in [0.15, 0.2) is 0 Å². The largest absolute Gasteiger partial charge is 0.472 e. The quantitative estimate of drug-likeness (QED) is 0.846. The van der Waals surface area contributed by atoms with Crippen LogP contribution in [-0.2, 0) is 4.74 Å². The predicted molar refractivity (Wildman–Crippen MR) is 77.1 cm³/mol. The first-order valence-electron chi connectivity index (χ1n) is 7.61. The number of rotatable bonds is 6. The third kappa shape index (κ3) is 3.21. The zero-order valence-electron chi connectivity index (χ0n) is 12.4. The van der Waals surface area contributed by atoms with Gasteiger partial charge in [-0.15, -0.1) is 0 Å². The summed E-state index contributed by atoms with van der Waals surface area (Å²) in [5.74, 6) is 0.730. The van der Waals surface area contributed by atoms with Crippen LogP contribution < -0.4 is 5.32 Å². The van der Waals surface area contributed by atoms with Gasteiger partial charge in [-0.25, -0.2) is 0 Å². The maximum Gasteiger partial charge on any atom is 0.0951 e. The minimum atomic E-state index is -0.0771. The molecule has 0 saturated heterocycles. The fraction of sp³-hybridized carbons (Fsp3) is 0.750. The number of nitrogens with one attached hydrogen (secondary N) is 1. The standard InChI is InChI=1S/C16H27NO2/c1-4-17-15(14-8-10-18-12-14)16(19-5-2)9-6-7-13(3)11-16/h8,10,12-13,15,17H,4-7,9,11H2,1-3H3. The Balaban J connectivity index is 2.27. The van der Waals surface area contributed by atoms with Crippen molar-refractivity contribution in [3.63, 3.8) is 0 Å². The summed E-state index contributed by atoms with van der Waals surface area (Å²) in [6, 6.07) is 2.30. The number of hydrogen-bond acceptors (Lipinski definition) is 3. The predicted octanol–water partition coefficient (Wildman–Crippen LogP) is 3.92. The van der Waals surface area contributed by atoms with E-state index in [1.807, 2.05) is 6.26 Å². The number of hydrogen-bond donors (Lipinski definition) is 1. The van der Waals surface area contributed by atoms with Crippen LogP contribution in [0.1, 0.15) is 58.1 Å². The molecule has 2 rings (SSSR count). The molecule has 3 nitrogen and oxygen atoms in total. The summed E-state index contributed by atoms with van der Waals surface area (Å²) in [6.45, 7) is 8.30. The molecule has 1 aliphatic carbocycles. The molecule has 0 amide bonds. The molecule has 0 radical (unpaired) electrons. The average Bonchev–Trinajstić information content (AvgIpc) is 2.89. The molecule has 1 aliphatic rings. The molecule has 0 aliphatic heterocycles. The second-order valence-electron chi connectivity index (χ2n) is 5.75. The van der Waals surface area contributed by atoms with Gasteiger partial charge in [-0.3, -0.25) is 0 Å². The van der Waals surface area contributed by atoms with Crippen LogP contribution in [0.2, 0.25) is 0 Å². The first-order chi connectivity index (χ1) is 9.22. The molecule has 108 valence electrons. The highest BCUT2D eigenvalue weighted by Gasteiger charge is 2.43. The van der Waals surface area contributed by atoms with Crippen molar-refractivity contribution in [2.24, 2.45) is 5.92 Å². The molecule has 0 spiro atoms. The van der Waals surface area contributed by atoms with Crippen molar-refractivity contribution in [3.05, 3.63) is 24.2 Å². The Labute approximate surface area is 116 Å². The Morgan fingerprint density at radius 1 is 1.53 bits per heavy atom. The van der Waals surface area contributed by atoms with E-state index in [-0.39, 0.29) is 11.6 Å². The first-order valence-corrected chi connectivity index (χ1v) is 7.61. The van der Waals surface area contributed by atoms with Crippen molar-refractivity contribution in [1.82, 2.24) is 5.32 Å². The summed E-state index contributed by atoms with van der Waals surface area (Å²) >= 11 is 0. The number of furan rings is 1. The van der Waals surface area contributed by atoms with Gasteiger partial charge in [0, 0.05) is 12.2 Å². The molecular weight excluding hydrogens is 238 g/mol. The van der Waals surface area contributed by atoms with E-state index in [1.165, 1.54) is 18.4 Å². The van der Waals surface area contributed by atoms with Crippen molar-refractivity contribution in [2.45, 2.75) is 58.1 Å². The maximum atomic E-state index is 6.28. The van der Waals surface area contributed by atoms with Crippen molar-refractivity contribution in [2.75, 3.05) is 13.2 Å². The third-order valence-corrected chi connectivity index (χ3v) is 4.23. The van der Waals surface area contributed by atoms with Gasteiger partial charge >= 0.3 is 0 Å². The fourth-order valence-corrected chi connectivity index (χ4v) is 3.56. The summed E-state index contributed by atoms with van der Waals surface area (Å²) < 4.78 is 11.6. The van der Waals surface area contributed by atoms with Gasteiger partial charge < -0.3 is 14.5 Å². The van der Waals surface area contributed by atoms with E-state index in [1.54, 1.807) is 6.26 Å². The van der Waals surface area contributed by atoms with Crippen molar-refractivity contribution in [1.29, 1.82) is 0 Å². The van der Waals surface area contributed by atoms with Gasteiger partial charge in [-0.1, -0.05) is 26.7 Å². The third-order valence-electron chi connectivity index (χ3n) is 4.23. The molecule has 1 heterocycles. The SMILES string of the molecule is CCNC(c1ccoc1)C1(OCC)CCCC(C)C1. The zero-order chi connectivity index (χ0) is 13.7. The Morgan fingerprint density at radius 2 is 2.37 bits per heavy atom. The summed E-state index contributed by atoms with van der Waals surface area (Å²) in [4.78, 5) is 0. The first kappa shape index (κ1) is 14.6. The highest BCUT2D eigenvalue weighted by atomic mass is 16.5. The molecular formula is C16H27NO2. The van der Waals surface area contributed by atoms with Gasteiger partial charge in [0.05, 0.1) is 24.2 Å². The van der Waals surface area contributed by atoms with Gasteiger partial charge in [0.2, 0.25) is 0 Å².